The van der Waals surface area contributed by atoms with Crippen LogP contribution in [0.5, 0.6) is 0 Å². The van der Waals surface area contributed by atoms with Crippen molar-refractivity contribution in [2.24, 2.45) is 0 Å². The number of Topliss-reactive ketones (excluding diaryl/α,β-unsaturated/α-hetero) is 1. The molecule has 1 unspecified atom stereocenters. The predicted octanol–water partition coefficient (Wildman–Crippen LogP) is 2.47. The third-order valence-corrected chi connectivity index (χ3v) is 3.40. The normalized spacial score (nSPS) is 11.9. The van der Waals surface area contributed by atoms with E-state index in [-0.39, 0.29) is 18.0 Å². The Kier molecular flexibility index (Phi) is 4.69. The van der Waals surface area contributed by atoms with Crippen LogP contribution in [0.3, 0.4) is 0 Å². The zero-order chi connectivity index (χ0) is 13.0. The average molecular weight is 300 g/mol. The van der Waals surface area contributed by atoms with Gasteiger partial charge in [-0.1, -0.05) is 22.0 Å². The highest BCUT2D eigenvalue weighted by molar-refractivity contribution is 9.09. The van der Waals surface area contributed by atoms with Crippen LogP contribution in [0.4, 0.5) is 5.69 Å². The first-order chi connectivity index (χ1) is 7.97. The molecule has 0 fully saturated rings. The number of benzene rings is 1. The number of rotatable bonds is 4. The number of esters is 1. The van der Waals surface area contributed by atoms with Crippen LogP contribution in [-0.4, -0.2) is 18.4 Å². The number of ether oxygens (including phenoxy) is 1. The van der Waals surface area contributed by atoms with Crippen molar-refractivity contribution in [2.45, 2.75) is 18.7 Å². The Labute approximate surface area is 108 Å². The summed E-state index contributed by atoms with van der Waals surface area (Å²) >= 11 is 3.25. The minimum absolute atomic E-state index is 0.0374. The minimum atomic E-state index is -0.477. The molecule has 0 aliphatic rings. The number of hydrogen-bond donors (Lipinski definition) is 1. The van der Waals surface area contributed by atoms with Crippen LogP contribution in [0.2, 0.25) is 0 Å². The monoisotopic (exact) mass is 299 g/mol. The van der Waals surface area contributed by atoms with Gasteiger partial charge < -0.3 is 10.5 Å². The van der Waals surface area contributed by atoms with Crippen molar-refractivity contribution in [3.8, 4) is 0 Å². The van der Waals surface area contributed by atoms with Crippen molar-refractivity contribution in [1.82, 2.24) is 0 Å². The maximum Gasteiger partial charge on any atom is 0.340 e. The molecule has 1 rings (SSSR count). The van der Waals surface area contributed by atoms with Crippen molar-refractivity contribution >= 4 is 33.4 Å². The molecule has 0 amide bonds. The van der Waals surface area contributed by atoms with Crippen molar-refractivity contribution in [3.63, 3.8) is 0 Å². The number of halogens is 1. The molecule has 17 heavy (non-hydrogen) atoms. The van der Waals surface area contributed by atoms with E-state index in [0.717, 1.165) is 0 Å². The molecule has 0 aromatic heterocycles. The number of alkyl halides is 1. The van der Waals surface area contributed by atoms with Gasteiger partial charge >= 0.3 is 5.97 Å². The molecular weight excluding hydrogens is 286 g/mol. The SMILES string of the molecule is CCOC(=O)c1cc(C(Br)C(C)=O)ccc1N. The Morgan fingerprint density at radius 1 is 1.47 bits per heavy atom. The molecule has 1 aromatic rings. The lowest BCUT2D eigenvalue weighted by Crippen LogP contribution is -2.10. The molecule has 2 N–H and O–H groups in total. The molecule has 1 aromatic carbocycles. The summed E-state index contributed by atoms with van der Waals surface area (Å²) in [5.74, 6) is -0.514. The summed E-state index contributed by atoms with van der Waals surface area (Å²) in [7, 11) is 0. The number of anilines is 1. The topological polar surface area (TPSA) is 69.4 Å². The van der Waals surface area contributed by atoms with Gasteiger partial charge in [-0.15, -0.1) is 0 Å². The molecule has 0 radical (unpaired) electrons. The molecule has 4 nitrogen and oxygen atoms in total. The lowest BCUT2D eigenvalue weighted by molar-refractivity contribution is -0.116. The Bertz CT molecular complexity index is 445. The first-order valence-corrected chi connectivity index (χ1v) is 6.10. The third-order valence-electron chi connectivity index (χ3n) is 2.22. The van der Waals surface area contributed by atoms with Crippen molar-refractivity contribution in [3.05, 3.63) is 29.3 Å². The predicted molar refractivity (Wildman–Crippen MR) is 69.2 cm³/mol. The maximum absolute atomic E-state index is 11.6. The summed E-state index contributed by atoms with van der Waals surface area (Å²) < 4.78 is 4.88. The molecule has 0 aliphatic heterocycles. The number of carbonyl (C=O) groups excluding carboxylic acids is 2. The van der Waals surface area contributed by atoms with Gasteiger partial charge in [0.1, 0.15) is 5.78 Å². The van der Waals surface area contributed by atoms with Crippen LogP contribution in [0.15, 0.2) is 18.2 Å². The average Bonchev–Trinajstić information content (AvgIpc) is 2.28. The van der Waals surface area contributed by atoms with Crippen LogP contribution in [0.1, 0.15) is 34.6 Å². The first-order valence-electron chi connectivity index (χ1n) is 5.18. The molecule has 0 spiro atoms. The van der Waals surface area contributed by atoms with Gasteiger partial charge in [-0.05, 0) is 31.5 Å². The molecule has 0 saturated carbocycles. The van der Waals surface area contributed by atoms with Crippen molar-refractivity contribution < 1.29 is 14.3 Å². The fourth-order valence-corrected chi connectivity index (χ4v) is 1.64. The zero-order valence-electron chi connectivity index (χ0n) is 9.70. The number of hydrogen-bond acceptors (Lipinski definition) is 4. The Morgan fingerprint density at radius 3 is 2.65 bits per heavy atom. The van der Waals surface area contributed by atoms with Crippen LogP contribution in [-0.2, 0) is 9.53 Å². The Hall–Kier alpha value is -1.36. The highest BCUT2D eigenvalue weighted by Crippen LogP contribution is 2.27. The van der Waals surface area contributed by atoms with E-state index in [1.165, 1.54) is 6.92 Å². The lowest BCUT2D eigenvalue weighted by Gasteiger charge is -2.10. The zero-order valence-corrected chi connectivity index (χ0v) is 11.3. The van der Waals surface area contributed by atoms with E-state index < -0.39 is 10.8 Å². The summed E-state index contributed by atoms with van der Waals surface area (Å²) in [6.45, 7) is 3.48. The number of ketones is 1. The number of carbonyl (C=O) groups is 2. The molecular formula is C12H14BrNO3. The first kappa shape index (κ1) is 13.7. The summed E-state index contributed by atoms with van der Waals surface area (Å²) in [6.07, 6.45) is 0. The van der Waals surface area contributed by atoms with E-state index in [2.05, 4.69) is 15.9 Å². The quantitative estimate of drug-likeness (QED) is 0.527. The van der Waals surface area contributed by atoms with Gasteiger partial charge in [0.15, 0.2) is 0 Å². The molecule has 92 valence electrons. The van der Waals surface area contributed by atoms with Crippen LogP contribution < -0.4 is 5.73 Å². The second-order valence-electron chi connectivity index (χ2n) is 3.54. The Balaban J connectivity index is 3.10. The van der Waals surface area contributed by atoms with Gasteiger partial charge in [0.05, 0.1) is 17.0 Å². The maximum atomic E-state index is 11.6. The van der Waals surface area contributed by atoms with Gasteiger partial charge in [0.25, 0.3) is 0 Å². The van der Waals surface area contributed by atoms with Gasteiger partial charge in [-0.3, -0.25) is 4.79 Å². The molecule has 0 heterocycles. The highest BCUT2D eigenvalue weighted by atomic mass is 79.9. The lowest BCUT2D eigenvalue weighted by atomic mass is 10.0. The summed E-state index contributed by atoms with van der Waals surface area (Å²) in [6, 6.07) is 4.88. The highest BCUT2D eigenvalue weighted by Gasteiger charge is 2.17. The largest absolute Gasteiger partial charge is 0.462 e. The second kappa shape index (κ2) is 5.82. The van der Waals surface area contributed by atoms with Crippen LogP contribution in [0.25, 0.3) is 0 Å². The second-order valence-corrected chi connectivity index (χ2v) is 4.46. The summed E-state index contributed by atoms with van der Waals surface area (Å²) in [4.78, 5) is 22.4. The van der Waals surface area contributed by atoms with Crippen LogP contribution >= 0.6 is 15.9 Å². The van der Waals surface area contributed by atoms with Crippen molar-refractivity contribution in [1.29, 1.82) is 0 Å². The fraction of sp³-hybridized carbons (Fsp3) is 0.333. The molecule has 5 heteroatoms. The summed E-state index contributed by atoms with van der Waals surface area (Å²) in [5.41, 5.74) is 7.02. The van der Waals surface area contributed by atoms with E-state index >= 15 is 0 Å². The molecule has 0 aliphatic carbocycles. The van der Waals surface area contributed by atoms with E-state index in [4.69, 9.17) is 10.5 Å². The van der Waals surface area contributed by atoms with Crippen LogP contribution in [0, 0.1) is 0 Å². The smallest absolute Gasteiger partial charge is 0.340 e. The molecule has 1 atom stereocenters. The van der Waals surface area contributed by atoms with Gasteiger partial charge in [-0.25, -0.2) is 4.79 Å². The van der Waals surface area contributed by atoms with E-state index in [0.29, 0.717) is 11.3 Å². The fourth-order valence-electron chi connectivity index (χ4n) is 1.35. The van der Waals surface area contributed by atoms with Crippen molar-refractivity contribution in [2.75, 3.05) is 12.3 Å². The minimum Gasteiger partial charge on any atom is -0.462 e. The third kappa shape index (κ3) is 3.30. The Morgan fingerprint density at radius 2 is 2.12 bits per heavy atom. The van der Waals surface area contributed by atoms with Gasteiger partial charge in [0.2, 0.25) is 0 Å². The number of nitrogens with two attached hydrogens (primary N) is 1. The molecule has 0 bridgehead atoms. The summed E-state index contributed by atoms with van der Waals surface area (Å²) in [5, 5.41) is 0. The molecule has 0 saturated heterocycles. The standard InChI is InChI=1S/C12H14BrNO3/c1-3-17-12(16)9-6-8(4-5-10(9)14)11(13)7(2)15/h4-6,11H,3,14H2,1-2H3. The van der Waals surface area contributed by atoms with E-state index in [1.54, 1.807) is 25.1 Å². The van der Waals surface area contributed by atoms with Gasteiger partial charge in [-0.2, -0.15) is 0 Å². The number of nitrogen functional groups attached to an aromatic ring is 1. The van der Waals surface area contributed by atoms with E-state index in [9.17, 15) is 9.59 Å². The van der Waals surface area contributed by atoms with Gasteiger partial charge in [0, 0.05) is 5.69 Å². The van der Waals surface area contributed by atoms with E-state index in [1.807, 2.05) is 0 Å².